The van der Waals surface area contributed by atoms with Gasteiger partial charge in [-0.3, -0.25) is 0 Å². The van der Waals surface area contributed by atoms with Crippen LogP contribution in [0.4, 0.5) is 0 Å². The van der Waals surface area contributed by atoms with Crippen LogP contribution in [0.15, 0.2) is 48.5 Å². The molecule has 0 N–H and O–H groups in total. The lowest BCUT2D eigenvalue weighted by Gasteiger charge is -2.07. The van der Waals surface area contributed by atoms with Crippen molar-refractivity contribution in [1.82, 2.24) is 0 Å². The van der Waals surface area contributed by atoms with E-state index >= 15 is 0 Å². The molecule has 0 saturated carbocycles. The average molecular weight is 305 g/mol. The first-order chi connectivity index (χ1) is 9.43. The van der Waals surface area contributed by atoms with Gasteiger partial charge in [-0.1, -0.05) is 89.2 Å². The molecule has 0 unspecified atom stereocenters. The molecule has 2 rings (SSSR count). The van der Waals surface area contributed by atoms with Crippen LogP contribution < -0.4 is 0 Å². The maximum absolute atomic E-state index is 5.92. The van der Waals surface area contributed by atoms with Crippen LogP contribution in [0.3, 0.4) is 0 Å². The van der Waals surface area contributed by atoms with E-state index in [4.69, 9.17) is 11.6 Å². The molecule has 0 aliphatic rings. The zero-order valence-corrected chi connectivity index (χ0v) is 13.9. The third kappa shape index (κ3) is 6.35. The fourth-order valence-corrected chi connectivity index (χ4v) is 2.53. The Morgan fingerprint density at radius 3 is 1.48 bits per heavy atom. The predicted octanol–water partition coefficient (Wildman–Crippen LogP) is 7.22. The van der Waals surface area contributed by atoms with Crippen molar-refractivity contribution in [2.75, 3.05) is 0 Å². The van der Waals surface area contributed by atoms with Crippen molar-refractivity contribution in [2.24, 2.45) is 0 Å². The van der Waals surface area contributed by atoms with E-state index in [1.54, 1.807) is 0 Å². The largest absolute Gasteiger partial charge is 0.0840 e. The molecule has 0 nitrogen and oxygen atoms in total. The summed E-state index contributed by atoms with van der Waals surface area (Å²) in [4.78, 5) is 0. The third-order valence-electron chi connectivity index (χ3n) is 3.34. The molecule has 0 fully saturated rings. The zero-order chi connectivity index (χ0) is 15.1. The standard InChI is InChI=1S/C10H14.C9H11Cl.CH4/c1-8(2)10-7-5-4-6-9(10)3;1-7(2)8-5-3-4-6-9(8)10;/h4-8H,1-3H3;3-7H,1-2H3;1H4. The van der Waals surface area contributed by atoms with Crippen molar-refractivity contribution in [1.29, 1.82) is 0 Å². The predicted molar refractivity (Wildman–Crippen MR) is 97.5 cm³/mol. The van der Waals surface area contributed by atoms with Gasteiger partial charge in [-0.2, -0.15) is 0 Å². The van der Waals surface area contributed by atoms with Gasteiger partial charge in [0.15, 0.2) is 0 Å². The van der Waals surface area contributed by atoms with Crippen molar-refractivity contribution < 1.29 is 0 Å². The average Bonchev–Trinajstić information content (AvgIpc) is 2.40. The minimum absolute atomic E-state index is 0. The molecule has 0 bridgehead atoms. The van der Waals surface area contributed by atoms with Crippen LogP contribution in [0, 0.1) is 6.92 Å². The minimum Gasteiger partial charge on any atom is -0.0840 e. The summed E-state index contributed by atoms with van der Waals surface area (Å²) in [5, 5.41) is 0.873. The highest BCUT2D eigenvalue weighted by Crippen LogP contribution is 2.22. The Hall–Kier alpha value is -1.27. The number of benzene rings is 2. The van der Waals surface area contributed by atoms with Gasteiger partial charge in [0.1, 0.15) is 0 Å². The lowest BCUT2D eigenvalue weighted by atomic mass is 9.99. The molecule has 2 aromatic rings. The van der Waals surface area contributed by atoms with Crippen LogP contribution in [0.1, 0.15) is 63.6 Å². The number of rotatable bonds is 2. The summed E-state index contributed by atoms with van der Waals surface area (Å²) in [7, 11) is 0. The van der Waals surface area contributed by atoms with Crippen molar-refractivity contribution >= 4 is 11.6 Å². The molecule has 1 heteroatoms. The Morgan fingerprint density at radius 1 is 0.714 bits per heavy atom. The maximum atomic E-state index is 5.92. The Labute approximate surface area is 136 Å². The Morgan fingerprint density at radius 2 is 1.14 bits per heavy atom. The lowest BCUT2D eigenvalue weighted by Crippen LogP contribution is -1.89. The van der Waals surface area contributed by atoms with Crippen molar-refractivity contribution in [3.05, 3.63) is 70.2 Å². The van der Waals surface area contributed by atoms with E-state index < -0.39 is 0 Å². The molecule has 0 aliphatic heterocycles. The van der Waals surface area contributed by atoms with Crippen LogP contribution in [-0.4, -0.2) is 0 Å². The van der Waals surface area contributed by atoms with E-state index in [1.165, 1.54) is 16.7 Å². The number of hydrogen-bond donors (Lipinski definition) is 0. The van der Waals surface area contributed by atoms with Gasteiger partial charge in [0.2, 0.25) is 0 Å². The number of aryl methyl sites for hydroxylation is 1. The van der Waals surface area contributed by atoms with Gasteiger partial charge in [0, 0.05) is 5.02 Å². The van der Waals surface area contributed by atoms with E-state index in [0.29, 0.717) is 11.8 Å². The Balaban J connectivity index is 0.000000364. The van der Waals surface area contributed by atoms with Gasteiger partial charge in [-0.15, -0.1) is 0 Å². The molecule has 0 atom stereocenters. The molecular weight excluding hydrogens is 276 g/mol. The summed E-state index contributed by atoms with van der Waals surface area (Å²) in [5.41, 5.74) is 4.09. The highest BCUT2D eigenvalue weighted by molar-refractivity contribution is 6.31. The van der Waals surface area contributed by atoms with Crippen molar-refractivity contribution in [2.45, 2.75) is 53.9 Å². The lowest BCUT2D eigenvalue weighted by molar-refractivity contribution is 0.856. The second kappa shape index (κ2) is 9.63. The summed E-state index contributed by atoms with van der Waals surface area (Å²) >= 11 is 5.92. The Kier molecular flexibility index (Phi) is 9.05. The minimum atomic E-state index is 0. The normalized spacial score (nSPS) is 9.90. The summed E-state index contributed by atoms with van der Waals surface area (Å²) in [6.45, 7) is 10.9. The zero-order valence-electron chi connectivity index (χ0n) is 13.2. The molecule has 0 heterocycles. The van der Waals surface area contributed by atoms with E-state index in [9.17, 15) is 0 Å². The van der Waals surface area contributed by atoms with Gasteiger partial charge in [0.05, 0.1) is 0 Å². The molecule has 0 spiro atoms. The van der Waals surface area contributed by atoms with Crippen LogP contribution in [-0.2, 0) is 0 Å². The second-order valence-corrected chi connectivity index (χ2v) is 6.09. The monoisotopic (exact) mass is 304 g/mol. The molecular formula is C20H29Cl. The fraction of sp³-hybridized carbons (Fsp3) is 0.400. The molecule has 0 saturated heterocycles. The van der Waals surface area contributed by atoms with E-state index in [-0.39, 0.29) is 7.43 Å². The third-order valence-corrected chi connectivity index (χ3v) is 3.68. The number of hydrogen-bond acceptors (Lipinski definition) is 0. The molecule has 21 heavy (non-hydrogen) atoms. The summed E-state index contributed by atoms with van der Waals surface area (Å²) in [6, 6.07) is 16.5. The van der Waals surface area contributed by atoms with Crippen LogP contribution >= 0.6 is 11.6 Å². The first-order valence-corrected chi connectivity index (χ1v) is 7.61. The first-order valence-electron chi connectivity index (χ1n) is 7.23. The van der Waals surface area contributed by atoms with E-state index in [1.807, 2.05) is 18.2 Å². The van der Waals surface area contributed by atoms with Crippen LogP contribution in [0.5, 0.6) is 0 Å². The van der Waals surface area contributed by atoms with Gasteiger partial charge in [0.25, 0.3) is 0 Å². The summed E-state index contributed by atoms with van der Waals surface area (Å²) < 4.78 is 0. The van der Waals surface area contributed by atoms with Gasteiger partial charge < -0.3 is 0 Å². The summed E-state index contributed by atoms with van der Waals surface area (Å²) in [5.74, 6) is 1.18. The highest BCUT2D eigenvalue weighted by Gasteiger charge is 2.01. The van der Waals surface area contributed by atoms with Gasteiger partial charge in [-0.05, 0) is 41.5 Å². The summed E-state index contributed by atoms with van der Waals surface area (Å²) in [6.07, 6.45) is 0. The van der Waals surface area contributed by atoms with Crippen molar-refractivity contribution in [3.8, 4) is 0 Å². The van der Waals surface area contributed by atoms with Crippen molar-refractivity contribution in [3.63, 3.8) is 0 Å². The quantitative estimate of drug-likeness (QED) is 0.549. The number of halogens is 1. The SMILES string of the molecule is C.CC(C)c1ccccc1Cl.Cc1ccccc1C(C)C. The van der Waals surface area contributed by atoms with E-state index in [0.717, 1.165) is 5.02 Å². The molecule has 0 amide bonds. The van der Waals surface area contributed by atoms with Crippen LogP contribution in [0.2, 0.25) is 5.02 Å². The van der Waals surface area contributed by atoms with Crippen LogP contribution in [0.25, 0.3) is 0 Å². The highest BCUT2D eigenvalue weighted by atomic mass is 35.5. The van der Waals surface area contributed by atoms with Gasteiger partial charge >= 0.3 is 0 Å². The van der Waals surface area contributed by atoms with E-state index in [2.05, 4.69) is 65.0 Å². The topological polar surface area (TPSA) is 0 Å². The molecule has 0 aliphatic carbocycles. The molecule has 0 aromatic heterocycles. The molecule has 0 radical (unpaired) electrons. The molecule has 116 valence electrons. The fourth-order valence-electron chi connectivity index (χ4n) is 2.18. The smallest absolute Gasteiger partial charge is 0.0440 e. The Bertz CT molecular complexity index is 477. The first kappa shape index (κ1) is 19.7. The second-order valence-electron chi connectivity index (χ2n) is 5.69. The maximum Gasteiger partial charge on any atom is 0.0440 e. The molecule has 2 aromatic carbocycles. The van der Waals surface area contributed by atoms with Gasteiger partial charge in [-0.25, -0.2) is 0 Å².